The highest BCUT2D eigenvalue weighted by Gasteiger charge is 2.10. The Morgan fingerprint density at radius 2 is 2.03 bits per heavy atom. The van der Waals surface area contributed by atoms with Crippen LogP contribution in [-0.4, -0.2) is 51.7 Å². The van der Waals surface area contributed by atoms with Crippen molar-refractivity contribution in [2.75, 3.05) is 20.7 Å². The number of aliphatic imine (C=N–C) groups is 1. The number of H-pyrrole nitrogens is 1. The lowest BCUT2D eigenvalue weighted by Gasteiger charge is -2.20. The summed E-state index contributed by atoms with van der Waals surface area (Å²) in [6, 6.07) is 7.65. The van der Waals surface area contributed by atoms with Crippen LogP contribution < -0.4 is 10.1 Å². The number of hydrogen-bond donors (Lipinski definition) is 2. The summed E-state index contributed by atoms with van der Waals surface area (Å²) in [6.07, 6.45) is 0. The molecule has 0 fully saturated rings. The largest absolute Gasteiger partial charge is 0.497 e. The normalized spacial score (nSPS) is 11.1. The van der Waals surface area contributed by atoms with Crippen molar-refractivity contribution in [3.63, 3.8) is 0 Å². The van der Waals surface area contributed by atoms with Crippen LogP contribution in [0.2, 0.25) is 0 Å². The molecule has 0 atom stereocenters. The van der Waals surface area contributed by atoms with Crippen LogP contribution in [0.5, 0.6) is 5.75 Å². The third-order valence-electron chi connectivity index (χ3n) is 4.02. The molecule has 0 unspecified atom stereocenters. The number of aryl methyl sites for hydroxylation is 1. The first-order valence-electron chi connectivity index (χ1n) is 9.05. The zero-order valence-corrected chi connectivity index (χ0v) is 20.1. The molecular weight excluding hydrogens is 501 g/mol. The summed E-state index contributed by atoms with van der Waals surface area (Å²) in [5, 5.41) is 13.7. The number of aromatic nitrogens is 4. The second-order valence-electron chi connectivity index (χ2n) is 6.22. The number of hydrogen-bond acceptors (Lipinski definition) is 6. The summed E-state index contributed by atoms with van der Waals surface area (Å²) in [5.41, 5.74) is 1.97. The Kier molecular flexibility index (Phi) is 8.83. The maximum absolute atomic E-state index is 5.18. The quantitative estimate of drug-likeness (QED) is 0.278. The second kappa shape index (κ2) is 11.1. The van der Waals surface area contributed by atoms with E-state index >= 15 is 0 Å². The molecule has 3 aromatic rings. The number of nitrogens with zero attached hydrogens (tertiary/aromatic N) is 5. The Morgan fingerprint density at radius 3 is 2.66 bits per heavy atom. The van der Waals surface area contributed by atoms with Crippen molar-refractivity contribution in [1.82, 2.24) is 30.4 Å². The van der Waals surface area contributed by atoms with Crippen LogP contribution in [0, 0.1) is 6.92 Å². The summed E-state index contributed by atoms with van der Waals surface area (Å²) >= 11 is 1.66. The van der Waals surface area contributed by atoms with E-state index in [-0.39, 0.29) is 24.0 Å². The fourth-order valence-corrected chi connectivity index (χ4v) is 3.26. The lowest BCUT2D eigenvalue weighted by Crippen LogP contribution is -2.38. The summed E-state index contributed by atoms with van der Waals surface area (Å²) in [5.74, 6) is 2.96. The molecule has 0 bridgehead atoms. The molecule has 29 heavy (non-hydrogen) atoms. The summed E-state index contributed by atoms with van der Waals surface area (Å²) in [6.45, 7) is 5.95. The van der Waals surface area contributed by atoms with Gasteiger partial charge in [0.2, 0.25) is 0 Å². The fourth-order valence-electron chi connectivity index (χ4n) is 2.65. The standard InChI is InChI=1S/C19H25N7OS.HI/c1-5-20-19(26(3)11-15-12-28-13(2)22-15)21-10-17-23-18(25-24-17)14-6-8-16(27-4)9-7-14;/h6-9,12H,5,10-11H2,1-4H3,(H,20,21)(H,23,24,25);1H. The van der Waals surface area contributed by atoms with Crippen LogP contribution in [0.1, 0.15) is 23.4 Å². The molecule has 0 radical (unpaired) electrons. The second-order valence-corrected chi connectivity index (χ2v) is 7.28. The molecule has 3 rings (SSSR count). The van der Waals surface area contributed by atoms with E-state index in [0.29, 0.717) is 24.7 Å². The van der Waals surface area contributed by atoms with Gasteiger partial charge >= 0.3 is 0 Å². The minimum Gasteiger partial charge on any atom is -0.497 e. The Morgan fingerprint density at radius 1 is 1.28 bits per heavy atom. The van der Waals surface area contributed by atoms with E-state index in [4.69, 9.17) is 4.74 Å². The summed E-state index contributed by atoms with van der Waals surface area (Å²) < 4.78 is 5.18. The first-order chi connectivity index (χ1) is 13.6. The molecule has 0 amide bonds. The summed E-state index contributed by atoms with van der Waals surface area (Å²) in [7, 11) is 3.64. The minimum absolute atomic E-state index is 0. The van der Waals surface area contributed by atoms with Crippen LogP contribution in [-0.2, 0) is 13.1 Å². The number of benzene rings is 1. The van der Waals surface area contributed by atoms with E-state index in [0.717, 1.165) is 34.5 Å². The van der Waals surface area contributed by atoms with E-state index in [9.17, 15) is 0 Å². The molecule has 10 heteroatoms. The SMILES string of the molecule is CCNC(=NCc1nc(-c2ccc(OC)cc2)n[nH]1)N(C)Cc1csc(C)n1.I. The number of rotatable bonds is 7. The van der Waals surface area contributed by atoms with Gasteiger partial charge in [0, 0.05) is 24.5 Å². The maximum atomic E-state index is 5.18. The van der Waals surface area contributed by atoms with Crippen molar-refractivity contribution >= 4 is 41.3 Å². The fraction of sp³-hybridized carbons (Fsp3) is 0.368. The number of nitrogens with one attached hydrogen (secondary N) is 2. The summed E-state index contributed by atoms with van der Waals surface area (Å²) in [4.78, 5) is 15.8. The molecule has 0 spiro atoms. The number of guanidine groups is 1. The highest BCUT2D eigenvalue weighted by molar-refractivity contribution is 14.0. The molecule has 0 saturated heterocycles. The van der Waals surface area contributed by atoms with Crippen molar-refractivity contribution in [3.05, 3.63) is 46.2 Å². The minimum atomic E-state index is 0. The molecule has 0 aliphatic carbocycles. The zero-order valence-electron chi connectivity index (χ0n) is 17.0. The van der Waals surface area contributed by atoms with E-state index < -0.39 is 0 Å². The number of halogens is 1. The van der Waals surface area contributed by atoms with Gasteiger partial charge in [0.25, 0.3) is 0 Å². The van der Waals surface area contributed by atoms with Crippen LogP contribution in [0.3, 0.4) is 0 Å². The predicted octanol–water partition coefficient (Wildman–Crippen LogP) is 3.46. The Hall–Kier alpha value is -2.21. The van der Waals surface area contributed by atoms with Crippen LogP contribution in [0.4, 0.5) is 0 Å². The molecule has 156 valence electrons. The average Bonchev–Trinajstić information content (AvgIpc) is 3.34. The van der Waals surface area contributed by atoms with Crippen LogP contribution >= 0.6 is 35.3 Å². The van der Waals surface area contributed by atoms with Crippen molar-refractivity contribution in [2.24, 2.45) is 4.99 Å². The van der Waals surface area contributed by atoms with Crippen molar-refractivity contribution in [2.45, 2.75) is 26.9 Å². The van der Waals surface area contributed by atoms with E-state index in [1.807, 2.05) is 45.2 Å². The van der Waals surface area contributed by atoms with Gasteiger partial charge in [0.1, 0.15) is 18.1 Å². The van der Waals surface area contributed by atoms with Crippen molar-refractivity contribution in [1.29, 1.82) is 0 Å². The molecule has 0 saturated carbocycles. The maximum Gasteiger partial charge on any atom is 0.194 e. The Labute approximate surface area is 191 Å². The molecule has 2 aromatic heterocycles. The van der Waals surface area contributed by atoms with Crippen molar-refractivity contribution in [3.8, 4) is 17.1 Å². The number of aromatic amines is 1. The van der Waals surface area contributed by atoms with E-state index in [2.05, 4.69) is 40.8 Å². The number of ether oxygens (including phenoxy) is 1. The molecule has 0 aliphatic rings. The van der Waals surface area contributed by atoms with Gasteiger partial charge in [-0.15, -0.1) is 35.3 Å². The van der Waals surface area contributed by atoms with E-state index in [1.165, 1.54) is 0 Å². The van der Waals surface area contributed by atoms with E-state index in [1.54, 1.807) is 18.4 Å². The third kappa shape index (κ3) is 6.39. The Balaban J connectivity index is 0.00000300. The molecule has 0 aliphatic heterocycles. The lowest BCUT2D eigenvalue weighted by molar-refractivity contribution is 0.415. The van der Waals surface area contributed by atoms with Crippen LogP contribution in [0.25, 0.3) is 11.4 Å². The van der Waals surface area contributed by atoms with Gasteiger partial charge in [-0.25, -0.2) is 15.0 Å². The van der Waals surface area contributed by atoms with Gasteiger partial charge in [0.15, 0.2) is 11.8 Å². The first kappa shape index (κ1) is 23.1. The number of methoxy groups -OCH3 is 1. The van der Waals surface area contributed by atoms with Crippen LogP contribution in [0.15, 0.2) is 34.6 Å². The first-order valence-corrected chi connectivity index (χ1v) is 9.93. The molecular formula is C19H26IN7OS. The van der Waals surface area contributed by atoms with Gasteiger partial charge in [-0.2, -0.15) is 5.10 Å². The topological polar surface area (TPSA) is 91.3 Å². The highest BCUT2D eigenvalue weighted by Crippen LogP contribution is 2.19. The van der Waals surface area contributed by atoms with Gasteiger partial charge in [-0.3, -0.25) is 5.10 Å². The highest BCUT2D eigenvalue weighted by atomic mass is 127. The zero-order chi connectivity index (χ0) is 19.9. The predicted molar refractivity (Wildman–Crippen MR) is 127 cm³/mol. The van der Waals surface area contributed by atoms with Gasteiger partial charge in [0.05, 0.1) is 24.4 Å². The molecule has 1 aromatic carbocycles. The van der Waals surface area contributed by atoms with Crippen molar-refractivity contribution < 1.29 is 4.74 Å². The Bertz CT molecular complexity index is 923. The molecule has 2 N–H and O–H groups in total. The average molecular weight is 527 g/mol. The lowest BCUT2D eigenvalue weighted by atomic mass is 10.2. The van der Waals surface area contributed by atoms with Gasteiger partial charge in [-0.1, -0.05) is 0 Å². The smallest absolute Gasteiger partial charge is 0.194 e. The van der Waals surface area contributed by atoms with Gasteiger partial charge in [-0.05, 0) is 38.1 Å². The molecule has 2 heterocycles. The monoisotopic (exact) mass is 527 g/mol. The molecule has 8 nitrogen and oxygen atoms in total. The number of thiazole rings is 1. The third-order valence-corrected chi connectivity index (χ3v) is 4.84. The van der Waals surface area contributed by atoms with Gasteiger partial charge < -0.3 is 15.0 Å².